The minimum atomic E-state index is 0.0849. The predicted molar refractivity (Wildman–Crippen MR) is 111 cm³/mol. The molecule has 0 unspecified atom stereocenters. The van der Waals surface area contributed by atoms with Gasteiger partial charge < -0.3 is 15.6 Å². The van der Waals surface area contributed by atoms with E-state index in [0.717, 1.165) is 22.7 Å². The van der Waals surface area contributed by atoms with Crippen LogP contribution in [0.4, 0.5) is 17.6 Å². The van der Waals surface area contributed by atoms with E-state index in [1.54, 1.807) is 0 Å². The minimum Gasteiger partial charge on any atom is -0.361 e. The van der Waals surface area contributed by atoms with Gasteiger partial charge in [-0.1, -0.05) is 6.07 Å². The standard InChI is InChI=1S/C21H23N7/c1-12-11-23-21(24-13(2)15-5-6-17-16(9-15)7-8-22-17)26-20(12)25-19-10-18(27-28-19)14-3-4-14/h5-11,13-14,22H,3-4H2,1-2H3,(H3,23,24,25,26,27,28)/t13-/m0/s1. The Balaban J connectivity index is 1.33. The van der Waals surface area contributed by atoms with E-state index in [4.69, 9.17) is 0 Å². The molecule has 4 aromatic rings. The normalized spacial score (nSPS) is 14.9. The first-order chi connectivity index (χ1) is 13.7. The minimum absolute atomic E-state index is 0.0849. The van der Waals surface area contributed by atoms with E-state index in [1.165, 1.54) is 29.5 Å². The van der Waals surface area contributed by atoms with Crippen LogP contribution in [0.25, 0.3) is 10.9 Å². The Bertz CT molecular complexity index is 1120. The molecule has 1 aromatic carbocycles. The van der Waals surface area contributed by atoms with Crippen LogP contribution in [0.15, 0.2) is 42.7 Å². The number of nitrogens with one attached hydrogen (secondary N) is 4. The molecule has 3 heterocycles. The van der Waals surface area contributed by atoms with Crippen molar-refractivity contribution in [1.82, 2.24) is 25.1 Å². The zero-order chi connectivity index (χ0) is 19.1. The molecular weight excluding hydrogens is 350 g/mol. The zero-order valence-electron chi connectivity index (χ0n) is 16.0. The van der Waals surface area contributed by atoms with Crippen LogP contribution in [0, 0.1) is 6.92 Å². The Kier molecular flexibility index (Phi) is 4.00. The number of nitrogens with zero attached hydrogens (tertiary/aromatic N) is 3. The molecule has 1 aliphatic carbocycles. The summed E-state index contributed by atoms with van der Waals surface area (Å²) in [5.41, 5.74) is 4.50. The summed E-state index contributed by atoms with van der Waals surface area (Å²) < 4.78 is 0. The summed E-state index contributed by atoms with van der Waals surface area (Å²) in [7, 11) is 0. The summed E-state index contributed by atoms with van der Waals surface area (Å²) in [5, 5.41) is 15.4. The molecule has 0 amide bonds. The fourth-order valence-corrected chi connectivity index (χ4v) is 3.38. The number of H-pyrrole nitrogens is 2. The van der Waals surface area contributed by atoms with Crippen molar-refractivity contribution in [3.63, 3.8) is 0 Å². The van der Waals surface area contributed by atoms with Crippen molar-refractivity contribution in [2.24, 2.45) is 0 Å². The molecule has 1 saturated carbocycles. The first-order valence-electron chi connectivity index (χ1n) is 9.65. The van der Waals surface area contributed by atoms with Gasteiger partial charge >= 0.3 is 0 Å². The lowest BCUT2D eigenvalue weighted by Crippen LogP contribution is -2.10. The molecule has 3 aromatic heterocycles. The third kappa shape index (κ3) is 3.31. The lowest BCUT2D eigenvalue weighted by atomic mass is 10.1. The molecule has 5 rings (SSSR count). The number of anilines is 3. The first kappa shape index (κ1) is 16.8. The topological polar surface area (TPSA) is 94.3 Å². The van der Waals surface area contributed by atoms with E-state index in [-0.39, 0.29) is 6.04 Å². The van der Waals surface area contributed by atoms with Gasteiger partial charge in [0.15, 0.2) is 5.82 Å². The van der Waals surface area contributed by atoms with Crippen molar-refractivity contribution in [2.45, 2.75) is 38.6 Å². The highest BCUT2D eigenvalue weighted by molar-refractivity contribution is 5.80. The highest BCUT2D eigenvalue weighted by Gasteiger charge is 2.25. The Morgan fingerprint density at radius 1 is 1.18 bits per heavy atom. The van der Waals surface area contributed by atoms with E-state index in [2.05, 4.69) is 73.0 Å². The summed E-state index contributed by atoms with van der Waals surface area (Å²) in [6.45, 7) is 4.10. The van der Waals surface area contributed by atoms with Gasteiger partial charge in [0.05, 0.1) is 6.04 Å². The summed E-state index contributed by atoms with van der Waals surface area (Å²) in [4.78, 5) is 12.3. The number of rotatable bonds is 6. The van der Waals surface area contributed by atoms with Gasteiger partial charge in [-0.05, 0) is 55.8 Å². The van der Waals surface area contributed by atoms with Crippen LogP contribution in [0.2, 0.25) is 0 Å². The van der Waals surface area contributed by atoms with Gasteiger partial charge in [0.1, 0.15) is 5.82 Å². The number of benzene rings is 1. The van der Waals surface area contributed by atoms with Crippen molar-refractivity contribution in [1.29, 1.82) is 0 Å². The maximum Gasteiger partial charge on any atom is 0.225 e. The van der Waals surface area contributed by atoms with Crippen LogP contribution in [0.5, 0.6) is 0 Å². The van der Waals surface area contributed by atoms with E-state index in [1.807, 2.05) is 19.3 Å². The van der Waals surface area contributed by atoms with Crippen LogP contribution >= 0.6 is 0 Å². The second-order valence-corrected chi connectivity index (χ2v) is 7.52. The second-order valence-electron chi connectivity index (χ2n) is 7.52. The Labute approximate surface area is 163 Å². The Morgan fingerprint density at radius 2 is 2.07 bits per heavy atom. The predicted octanol–water partition coefficient (Wildman–Crippen LogP) is 4.78. The van der Waals surface area contributed by atoms with Crippen molar-refractivity contribution in [3.8, 4) is 0 Å². The van der Waals surface area contributed by atoms with Gasteiger partial charge in [-0.25, -0.2) is 4.98 Å². The molecule has 142 valence electrons. The molecule has 0 aliphatic heterocycles. The second kappa shape index (κ2) is 6.67. The van der Waals surface area contributed by atoms with E-state index in [9.17, 15) is 0 Å². The van der Waals surface area contributed by atoms with Crippen molar-refractivity contribution in [2.75, 3.05) is 10.6 Å². The molecule has 0 radical (unpaired) electrons. The molecular formula is C21H23N7. The average Bonchev–Trinajstić information content (AvgIpc) is 3.25. The van der Waals surface area contributed by atoms with Gasteiger partial charge in [0, 0.05) is 41.2 Å². The van der Waals surface area contributed by atoms with E-state index < -0.39 is 0 Å². The van der Waals surface area contributed by atoms with Gasteiger partial charge in [-0.15, -0.1) is 0 Å². The van der Waals surface area contributed by atoms with Crippen molar-refractivity contribution >= 4 is 28.5 Å². The highest BCUT2D eigenvalue weighted by Crippen LogP contribution is 2.39. The number of hydrogen-bond acceptors (Lipinski definition) is 5. The molecule has 7 heteroatoms. The molecule has 1 aliphatic rings. The third-order valence-corrected chi connectivity index (χ3v) is 5.26. The number of fused-ring (bicyclic) bond motifs is 1. The van der Waals surface area contributed by atoms with Crippen LogP contribution in [-0.4, -0.2) is 25.1 Å². The van der Waals surface area contributed by atoms with Gasteiger partial charge in [0.2, 0.25) is 5.95 Å². The number of hydrogen-bond donors (Lipinski definition) is 4. The largest absolute Gasteiger partial charge is 0.361 e. The lowest BCUT2D eigenvalue weighted by Gasteiger charge is -2.16. The number of aryl methyl sites for hydroxylation is 1. The van der Waals surface area contributed by atoms with Gasteiger partial charge in [-0.2, -0.15) is 10.1 Å². The van der Waals surface area contributed by atoms with E-state index >= 15 is 0 Å². The van der Waals surface area contributed by atoms with Crippen molar-refractivity contribution < 1.29 is 0 Å². The molecule has 1 fully saturated rings. The summed E-state index contributed by atoms with van der Waals surface area (Å²) >= 11 is 0. The SMILES string of the molecule is Cc1cnc(N[C@@H](C)c2ccc3[nH]ccc3c2)nc1Nc1cc(C2CC2)[nH]n1. The van der Waals surface area contributed by atoms with Crippen LogP contribution in [0.1, 0.15) is 48.5 Å². The van der Waals surface area contributed by atoms with Crippen LogP contribution in [0.3, 0.4) is 0 Å². The quantitative estimate of drug-likeness (QED) is 0.390. The van der Waals surface area contributed by atoms with Crippen LogP contribution in [-0.2, 0) is 0 Å². The monoisotopic (exact) mass is 373 g/mol. The Hall–Kier alpha value is -3.35. The summed E-state index contributed by atoms with van der Waals surface area (Å²) in [5.74, 6) is 2.79. The van der Waals surface area contributed by atoms with Gasteiger partial charge in [0.25, 0.3) is 0 Å². The van der Waals surface area contributed by atoms with Crippen LogP contribution < -0.4 is 10.6 Å². The van der Waals surface area contributed by atoms with Crippen molar-refractivity contribution in [3.05, 3.63) is 59.5 Å². The maximum atomic E-state index is 4.66. The molecule has 4 N–H and O–H groups in total. The molecule has 28 heavy (non-hydrogen) atoms. The maximum absolute atomic E-state index is 4.66. The number of aromatic amines is 2. The van der Waals surface area contributed by atoms with Gasteiger partial charge in [-0.3, -0.25) is 5.10 Å². The molecule has 0 spiro atoms. The van der Waals surface area contributed by atoms with E-state index in [0.29, 0.717) is 11.9 Å². The first-order valence-corrected chi connectivity index (χ1v) is 9.65. The molecule has 0 bridgehead atoms. The fraction of sp³-hybridized carbons (Fsp3) is 0.286. The molecule has 7 nitrogen and oxygen atoms in total. The third-order valence-electron chi connectivity index (χ3n) is 5.26. The molecule has 0 saturated heterocycles. The summed E-state index contributed by atoms with van der Waals surface area (Å²) in [6, 6.07) is 10.6. The molecule has 1 atom stereocenters. The fourth-order valence-electron chi connectivity index (χ4n) is 3.38. The number of aromatic nitrogens is 5. The lowest BCUT2D eigenvalue weighted by molar-refractivity contribution is 0.861. The Morgan fingerprint density at radius 3 is 2.93 bits per heavy atom. The highest BCUT2D eigenvalue weighted by atomic mass is 15.2. The smallest absolute Gasteiger partial charge is 0.225 e. The summed E-state index contributed by atoms with van der Waals surface area (Å²) in [6.07, 6.45) is 6.27. The zero-order valence-corrected chi connectivity index (χ0v) is 16.0. The average molecular weight is 373 g/mol.